The first-order valence-corrected chi connectivity index (χ1v) is 8.10. The number of anilines is 2. The highest BCUT2D eigenvalue weighted by Crippen LogP contribution is 2.41. The topological polar surface area (TPSA) is 45.2 Å². The van der Waals surface area contributed by atoms with Crippen molar-refractivity contribution < 1.29 is 4.79 Å². The first-order valence-electron chi connectivity index (χ1n) is 8.10. The lowest BCUT2D eigenvalue weighted by Crippen LogP contribution is -2.40. The van der Waals surface area contributed by atoms with Gasteiger partial charge in [-0.25, -0.2) is 4.98 Å². The third-order valence-corrected chi connectivity index (χ3v) is 4.34. The molecule has 1 aliphatic rings. The van der Waals surface area contributed by atoms with Gasteiger partial charge in [0.05, 0.1) is 6.04 Å². The summed E-state index contributed by atoms with van der Waals surface area (Å²) in [5, 5.41) is 3.05. The molecule has 24 heavy (non-hydrogen) atoms. The highest BCUT2D eigenvalue weighted by molar-refractivity contribution is 5.75. The van der Waals surface area contributed by atoms with E-state index in [2.05, 4.69) is 28.0 Å². The van der Waals surface area contributed by atoms with E-state index in [0.717, 1.165) is 34.7 Å². The molecule has 4 heteroatoms. The molecule has 0 radical (unpaired) electrons. The molecule has 0 aliphatic carbocycles. The lowest BCUT2D eigenvalue weighted by atomic mass is 9.90. The molecule has 2 aromatic rings. The number of rotatable bonds is 2. The van der Waals surface area contributed by atoms with Crippen LogP contribution in [0.5, 0.6) is 0 Å². The molecule has 2 heterocycles. The molecule has 1 N–H and O–H groups in total. The Morgan fingerprint density at radius 2 is 2.17 bits per heavy atom. The summed E-state index contributed by atoms with van der Waals surface area (Å²) in [5.41, 5.74) is 3.88. The number of pyridine rings is 1. The number of nitrogens with one attached hydrogen (secondary N) is 1. The molecule has 1 aliphatic heterocycles. The zero-order valence-electron chi connectivity index (χ0n) is 14.2. The number of fused-ring (bicyclic) bond motifs is 1. The zero-order chi connectivity index (χ0) is 17.3. The molecule has 1 aromatic carbocycles. The number of carbonyl (C=O) groups excluding carboxylic acids is 1. The highest BCUT2D eigenvalue weighted by atomic mass is 16.1. The molecule has 2 atom stereocenters. The number of hydrogen-bond donors (Lipinski definition) is 1. The third kappa shape index (κ3) is 2.98. The minimum Gasteiger partial charge on any atom is -0.349 e. The average Bonchev–Trinajstić information content (AvgIpc) is 2.54. The van der Waals surface area contributed by atoms with Crippen LogP contribution in [0.25, 0.3) is 0 Å². The molecule has 0 spiro atoms. The Bertz CT molecular complexity index is 822. The lowest BCUT2D eigenvalue weighted by molar-refractivity contribution is -0.119. The van der Waals surface area contributed by atoms with Gasteiger partial charge in [-0.3, -0.25) is 4.79 Å². The van der Waals surface area contributed by atoms with Gasteiger partial charge in [0.2, 0.25) is 5.91 Å². The number of amides is 1. The van der Waals surface area contributed by atoms with E-state index >= 15 is 0 Å². The van der Waals surface area contributed by atoms with Gasteiger partial charge in [0.15, 0.2) is 0 Å². The Morgan fingerprint density at radius 3 is 2.83 bits per heavy atom. The lowest BCUT2D eigenvalue weighted by Gasteiger charge is -2.40. The van der Waals surface area contributed by atoms with Gasteiger partial charge in [0, 0.05) is 29.9 Å². The van der Waals surface area contributed by atoms with E-state index in [-0.39, 0.29) is 18.0 Å². The summed E-state index contributed by atoms with van der Waals surface area (Å²) >= 11 is 0. The average molecular weight is 319 g/mol. The molecule has 122 valence electrons. The predicted molar refractivity (Wildman–Crippen MR) is 96.1 cm³/mol. The zero-order valence-corrected chi connectivity index (χ0v) is 14.2. The van der Waals surface area contributed by atoms with Gasteiger partial charge in [-0.2, -0.15) is 0 Å². The maximum atomic E-state index is 11.6. The molecule has 2 unspecified atom stereocenters. The van der Waals surface area contributed by atoms with E-state index in [1.54, 1.807) is 6.92 Å². The molecule has 3 rings (SSSR count). The second kappa shape index (κ2) is 6.37. The Labute approximate surface area is 142 Å². The van der Waals surface area contributed by atoms with Crippen molar-refractivity contribution in [1.82, 2.24) is 10.3 Å². The van der Waals surface area contributed by atoms with E-state index in [1.807, 2.05) is 43.3 Å². The Balaban J connectivity index is 2.13. The Kier molecular flexibility index (Phi) is 4.26. The highest BCUT2D eigenvalue weighted by Gasteiger charge is 2.32. The number of nitrogens with zero attached hydrogens (tertiary/aromatic N) is 2. The maximum absolute atomic E-state index is 11.6. The third-order valence-electron chi connectivity index (χ3n) is 4.34. The van der Waals surface area contributed by atoms with Gasteiger partial charge in [-0.05, 0) is 56.2 Å². The van der Waals surface area contributed by atoms with E-state index in [9.17, 15) is 4.79 Å². The number of carbonyl (C=O) groups is 1. The van der Waals surface area contributed by atoms with Crippen LogP contribution >= 0.6 is 0 Å². The summed E-state index contributed by atoms with van der Waals surface area (Å²) in [6, 6.07) is 12.1. The largest absolute Gasteiger partial charge is 0.349 e. The van der Waals surface area contributed by atoms with Gasteiger partial charge in [0.1, 0.15) is 5.82 Å². The van der Waals surface area contributed by atoms with Gasteiger partial charge in [-0.1, -0.05) is 12.0 Å². The quantitative estimate of drug-likeness (QED) is 0.862. The monoisotopic (exact) mass is 319 g/mol. The minimum absolute atomic E-state index is 0.0357. The maximum Gasteiger partial charge on any atom is 0.217 e. The van der Waals surface area contributed by atoms with Crippen molar-refractivity contribution in [3.63, 3.8) is 0 Å². The molecular weight excluding hydrogens is 298 g/mol. The SMILES string of the molecule is C#Cc1ccc2c(c1)C(NC(C)=O)CC(C)N2c1cccc(C)n1. The Hall–Kier alpha value is -2.80. The van der Waals surface area contributed by atoms with Crippen LogP contribution in [-0.2, 0) is 4.79 Å². The van der Waals surface area contributed by atoms with Crippen molar-refractivity contribution in [1.29, 1.82) is 0 Å². The van der Waals surface area contributed by atoms with Crippen LogP contribution in [0.15, 0.2) is 36.4 Å². The summed E-state index contributed by atoms with van der Waals surface area (Å²) in [6.07, 6.45) is 6.36. The number of hydrogen-bond acceptors (Lipinski definition) is 3. The van der Waals surface area contributed by atoms with Crippen LogP contribution in [0.1, 0.15) is 43.1 Å². The normalized spacial score (nSPS) is 19.3. The van der Waals surface area contributed by atoms with Gasteiger partial charge >= 0.3 is 0 Å². The predicted octanol–water partition coefficient (Wildman–Crippen LogP) is 3.48. The van der Waals surface area contributed by atoms with Crippen LogP contribution in [-0.4, -0.2) is 16.9 Å². The van der Waals surface area contributed by atoms with Crippen molar-refractivity contribution in [2.75, 3.05) is 4.90 Å². The van der Waals surface area contributed by atoms with Crippen molar-refractivity contribution >= 4 is 17.4 Å². The first kappa shape index (κ1) is 16.1. The van der Waals surface area contributed by atoms with Gasteiger partial charge in [-0.15, -0.1) is 6.42 Å². The molecule has 0 saturated heterocycles. The van der Waals surface area contributed by atoms with Crippen LogP contribution in [0.3, 0.4) is 0 Å². The molecule has 0 saturated carbocycles. The van der Waals surface area contributed by atoms with Crippen LogP contribution in [0.2, 0.25) is 0 Å². The summed E-state index contributed by atoms with van der Waals surface area (Å²) in [4.78, 5) is 18.5. The summed E-state index contributed by atoms with van der Waals surface area (Å²) in [7, 11) is 0. The molecule has 0 bridgehead atoms. The van der Waals surface area contributed by atoms with E-state index < -0.39 is 0 Å². The fraction of sp³-hybridized carbons (Fsp3) is 0.300. The molecular formula is C20H21N3O. The standard InChI is InChI=1S/C20H21N3O/c1-5-16-9-10-19-17(12-16)18(22-15(4)24)11-14(3)23(19)20-8-6-7-13(2)21-20/h1,6-10,12,14,18H,11H2,2-4H3,(H,22,24). The van der Waals surface area contributed by atoms with Gasteiger partial charge < -0.3 is 10.2 Å². The molecule has 1 amide bonds. The minimum atomic E-state index is -0.0399. The second-order valence-electron chi connectivity index (χ2n) is 6.26. The smallest absolute Gasteiger partial charge is 0.217 e. The number of aryl methyl sites for hydroxylation is 1. The summed E-state index contributed by atoms with van der Waals surface area (Å²) in [5.74, 6) is 3.56. The van der Waals surface area contributed by atoms with Crippen LogP contribution in [0, 0.1) is 19.3 Å². The van der Waals surface area contributed by atoms with Crippen LogP contribution in [0.4, 0.5) is 11.5 Å². The fourth-order valence-electron chi connectivity index (χ4n) is 3.35. The second-order valence-corrected chi connectivity index (χ2v) is 6.26. The van der Waals surface area contributed by atoms with Gasteiger partial charge in [0.25, 0.3) is 0 Å². The fourth-order valence-corrected chi connectivity index (χ4v) is 3.35. The Morgan fingerprint density at radius 1 is 1.38 bits per heavy atom. The number of benzene rings is 1. The number of terminal acetylenes is 1. The molecule has 1 aromatic heterocycles. The van der Waals surface area contributed by atoms with Crippen molar-refractivity contribution in [3.05, 3.63) is 53.2 Å². The van der Waals surface area contributed by atoms with Crippen molar-refractivity contribution in [3.8, 4) is 12.3 Å². The van der Waals surface area contributed by atoms with E-state index in [0.29, 0.717) is 0 Å². The van der Waals surface area contributed by atoms with E-state index in [4.69, 9.17) is 6.42 Å². The molecule has 0 fully saturated rings. The van der Waals surface area contributed by atoms with Crippen LogP contribution < -0.4 is 10.2 Å². The molecule has 4 nitrogen and oxygen atoms in total. The van der Waals surface area contributed by atoms with E-state index in [1.165, 1.54) is 0 Å². The summed E-state index contributed by atoms with van der Waals surface area (Å²) < 4.78 is 0. The first-order chi connectivity index (χ1) is 11.5. The van der Waals surface area contributed by atoms with Crippen molar-refractivity contribution in [2.24, 2.45) is 0 Å². The number of aromatic nitrogens is 1. The van der Waals surface area contributed by atoms with Crippen molar-refractivity contribution in [2.45, 2.75) is 39.3 Å². The summed E-state index contributed by atoms with van der Waals surface area (Å²) in [6.45, 7) is 5.68.